The van der Waals surface area contributed by atoms with Crippen molar-refractivity contribution in [2.24, 2.45) is 0 Å². The van der Waals surface area contributed by atoms with Gasteiger partial charge >= 0.3 is 12.4 Å². The monoisotopic (exact) mass is 312 g/mol. The Balaban J connectivity index is 2.20. The molecule has 0 bridgehead atoms. The van der Waals surface area contributed by atoms with Crippen LogP contribution in [0, 0.1) is 0 Å². The van der Waals surface area contributed by atoms with E-state index in [-0.39, 0.29) is 10.8 Å². The quantitative estimate of drug-likeness (QED) is 0.796. The molecule has 0 fully saturated rings. The Morgan fingerprint density at radius 3 is 2.25 bits per heavy atom. The smallest absolute Gasteiger partial charge is 0.332 e. The van der Waals surface area contributed by atoms with E-state index in [1.807, 2.05) is 0 Å². The summed E-state index contributed by atoms with van der Waals surface area (Å²) >= 11 is 0.661. The molecule has 0 saturated carbocycles. The number of rotatable bonds is 2. The van der Waals surface area contributed by atoms with Crippen LogP contribution in [0.25, 0.3) is 0 Å². The Hall–Kier alpha value is -1.77. The second kappa shape index (κ2) is 4.97. The molecule has 1 N–H and O–H groups in total. The number of nitrogens with one attached hydrogen (secondary N) is 1. The lowest BCUT2D eigenvalue weighted by Gasteiger charge is -2.09. The van der Waals surface area contributed by atoms with Crippen LogP contribution in [0.15, 0.2) is 29.6 Å². The molecule has 0 amide bonds. The second-order valence-corrected chi connectivity index (χ2v) is 4.60. The van der Waals surface area contributed by atoms with Gasteiger partial charge in [-0.25, -0.2) is 4.98 Å². The zero-order valence-electron chi connectivity index (χ0n) is 9.51. The number of benzene rings is 1. The Bertz CT molecular complexity index is 601. The van der Waals surface area contributed by atoms with Crippen LogP contribution in [0.4, 0.5) is 37.2 Å². The van der Waals surface area contributed by atoms with Gasteiger partial charge in [0.05, 0.1) is 5.56 Å². The van der Waals surface area contributed by atoms with Crippen molar-refractivity contribution < 1.29 is 26.3 Å². The number of hydrogen-bond acceptors (Lipinski definition) is 3. The fourth-order valence-corrected chi connectivity index (χ4v) is 2.10. The Labute approximate surface area is 113 Å². The number of anilines is 2. The van der Waals surface area contributed by atoms with Crippen LogP contribution < -0.4 is 5.32 Å². The maximum absolute atomic E-state index is 12.5. The normalized spacial score (nSPS) is 12.5. The standard InChI is InChI=1S/C11H6F6N2S/c12-10(13,14)6-2-1-3-7(4-6)18-9-19-8(5-20-9)11(15,16)17/h1-5H,(H,18,19). The molecule has 0 aliphatic carbocycles. The van der Waals surface area contributed by atoms with Crippen LogP contribution in [-0.4, -0.2) is 4.98 Å². The van der Waals surface area contributed by atoms with E-state index in [2.05, 4.69) is 10.3 Å². The van der Waals surface area contributed by atoms with E-state index in [0.717, 1.165) is 23.6 Å². The van der Waals surface area contributed by atoms with Crippen LogP contribution in [0.3, 0.4) is 0 Å². The van der Waals surface area contributed by atoms with Crippen molar-refractivity contribution in [1.82, 2.24) is 4.98 Å². The predicted molar refractivity (Wildman–Crippen MR) is 61.8 cm³/mol. The maximum atomic E-state index is 12.5. The topological polar surface area (TPSA) is 24.9 Å². The summed E-state index contributed by atoms with van der Waals surface area (Å²) in [6.45, 7) is 0. The molecular formula is C11H6F6N2S. The number of halogens is 6. The summed E-state index contributed by atoms with van der Waals surface area (Å²) in [5.74, 6) is 0. The zero-order chi connectivity index (χ0) is 15.0. The second-order valence-electron chi connectivity index (χ2n) is 3.74. The molecule has 9 heteroatoms. The lowest BCUT2D eigenvalue weighted by atomic mass is 10.2. The van der Waals surface area contributed by atoms with Gasteiger partial charge in [-0.15, -0.1) is 11.3 Å². The van der Waals surface area contributed by atoms with E-state index >= 15 is 0 Å². The number of thiazole rings is 1. The van der Waals surface area contributed by atoms with Crippen LogP contribution in [-0.2, 0) is 12.4 Å². The first-order valence-electron chi connectivity index (χ1n) is 5.13. The third-order valence-corrected chi connectivity index (χ3v) is 2.99. The number of aromatic nitrogens is 1. The van der Waals surface area contributed by atoms with Gasteiger partial charge < -0.3 is 5.32 Å². The van der Waals surface area contributed by atoms with Crippen molar-refractivity contribution in [3.05, 3.63) is 40.9 Å². The highest BCUT2D eigenvalue weighted by atomic mass is 32.1. The molecule has 0 atom stereocenters. The number of hydrogen-bond donors (Lipinski definition) is 1. The minimum Gasteiger partial charge on any atom is -0.332 e. The van der Waals surface area contributed by atoms with Crippen LogP contribution in [0.5, 0.6) is 0 Å². The molecule has 0 saturated heterocycles. The van der Waals surface area contributed by atoms with Crippen molar-refractivity contribution in [2.75, 3.05) is 5.32 Å². The van der Waals surface area contributed by atoms with E-state index in [4.69, 9.17) is 0 Å². The molecule has 2 rings (SSSR count). The average molecular weight is 312 g/mol. The fourth-order valence-electron chi connectivity index (χ4n) is 1.36. The van der Waals surface area contributed by atoms with Crippen molar-refractivity contribution in [1.29, 1.82) is 0 Å². The van der Waals surface area contributed by atoms with Crippen molar-refractivity contribution in [3.8, 4) is 0 Å². The Morgan fingerprint density at radius 1 is 1.00 bits per heavy atom. The molecule has 1 heterocycles. The molecule has 20 heavy (non-hydrogen) atoms. The molecule has 0 unspecified atom stereocenters. The number of nitrogens with zero attached hydrogens (tertiary/aromatic N) is 1. The zero-order valence-corrected chi connectivity index (χ0v) is 10.3. The molecule has 0 radical (unpaired) electrons. The summed E-state index contributed by atoms with van der Waals surface area (Å²) in [5.41, 5.74) is -1.96. The summed E-state index contributed by atoms with van der Waals surface area (Å²) in [6, 6.07) is 4.14. The van der Waals surface area contributed by atoms with Crippen molar-refractivity contribution >= 4 is 22.2 Å². The van der Waals surface area contributed by atoms with Crippen LogP contribution in [0.2, 0.25) is 0 Å². The van der Waals surface area contributed by atoms with Gasteiger partial charge in [-0.05, 0) is 18.2 Å². The van der Waals surface area contributed by atoms with Gasteiger partial charge in [-0.3, -0.25) is 0 Å². The molecule has 1 aromatic heterocycles. The Morgan fingerprint density at radius 2 is 1.70 bits per heavy atom. The fraction of sp³-hybridized carbons (Fsp3) is 0.182. The van der Waals surface area contributed by atoms with Crippen LogP contribution >= 0.6 is 11.3 Å². The van der Waals surface area contributed by atoms with Gasteiger partial charge in [0, 0.05) is 11.1 Å². The first kappa shape index (κ1) is 14.6. The Kier molecular flexibility index (Phi) is 3.63. The number of alkyl halides is 6. The highest BCUT2D eigenvalue weighted by Gasteiger charge is 2.34. The molecule has 2 aromatic rings. The molecule has 0 aliphatic rings. The molecule has 108 valence electrons. The van der Waals surface area contributed by atoms with Gasteiger partial charge in [-0.1, -0.05) is 6.07 Å². The van der Waals surface area contributed by atoms with Crippen molar-refractivity contribution in [3.63, 3.8) is 0 Å². The first-order valence-corrected chi connectivity index (χ1v) is 6.01. The summed E-state index contributed by atoms with van der Waals surface area (Å²) in [6.07, 6.45) is -9.10. The summed E-state index contributed by atoms with van der Waals surface area (Å²) in [7, 11) is 0. The van der Waals surface area contributed by atoms with E-state index < -0.39 is 23.6 Å². The molecule has 0 aliphatic heterocycles. The highest BCUT2D eigenvalue weighted by Crippen LogP contribution is 2.34. The van der Waals surface area contributed by atoms with E-state index in [1.165, 1.54) is 6.07 Å². The SMILES string of the molecule is FC(F)(F)c1cccc(Nc2nc(C(F)(F)F)cs2)c1. The molecule has 0 spiro atoms. The first-order chi connectivity index (χ1) is 9.16. The average Bonchev–Trinajstić information content (AvgIpc) is 2.76. The van der Waals surface area contributed by atoms with Gasteiger partial charge in [-0.2, -0.15) is 26.3 Å². The third kappa shape index (κ3) is 3.41. The minimum atomic E-state index is -4.58. The van der Waals surface area contributed by atoms with E-state index in [0.29, 0.717) is 11.3 Å². The van der Waals surface area contributed by atoms with Crippen LogP contribution in [0.1, 0.15) is 11.3 Å². The largest absolute Gasteiger partial charge is 0.434 e. The summed E-state index contributed by atoms with van der Waals surface area (Å²) in [5, 5.41) is 3.08. The lowest BCUT2D eigenvalue weighted by Crippen LogP contribution is -2.06. The van der Waals surface area contributed by atoms with Crippen molar-refractivity contribution in [2.45, 2.75) is 12.4 Å². The molecule has 2 nitrogen and oxygen atoms in total. The van der Waals surface area contributed by atoms with Gasteiger partial charge in [0.2, 0.25) is 0 Å². The highest BCUT2D eigenvalue weighted by molar-refractivity contribution is 7.13. The van der Waals surface area contributed by atoms with E-state index in [9.17, 15) is 26.3 Å². The van der Waals surface area contributed by atoms with Gasteiger partial charge in [0.15, 0.2) is 10.8 Å². The third-order valence-electron chi connectivity index (χ3n) is 2.24. The molecular weight excluding hydrogens is 306 g/mol. The predicted octanol–water partition coefficient (Wildman–Crippen LogP) is 4.92. The van der Waals surface area contributed by atoms with E-state index in [1.54, 1.807) is 0 Å². The lowest BCUT2D eigenvalue weighted by molar-refractivity contribution is -0.140. The summed E-state index contributed by atoms with van der Waals surface area (Å²) in [4.78, 5) is 3.27. The summed E-state index contributed by atoms with van der Waals surface area (Å²) < 4.78 is 74.4. The maximum Gasteiger partial charge on any atom is 0.434 e. The van der Waals surface area contributed by atoms with Gasteiger partial charge in [0.25, 0.3) is 0 Å². The van der Waals surface area contributed by atoms with Gasteiger partial charge in [0.1, 0.15) is 0 Å². The molecule has 1 aromatic carbocycles. The minimum absolute atomic E-state index is 0.0166.